The lowest BCUT2D eigenvalue weighted by atomic mass is 10.0. The normalized spacial score (nSPS) is 12.1. The van der Waals surface area contributed by atoms with Crippen LogP contribution in [0.2, 0.25) is 0 Å². The Hall–Kier alpha value is -2.04. The summed E-state index contributed by atoms with van der Waals surface area (Å²) in [5.74, 6) is 0.109. The minimum absolute atomic E-state index is 0.0318. The molecule has 0 aromatic heterocycles. The van der Waals surface area contributed by atoms with Crippen molar-refractivity contribution >= 4 is 12.0 Å². The molecule has 1 aromatic rings. The first kappa shape index (κ1) is 18.0. The maximum Gasteiger partial charge on any atom is 0.408 e. The first-order valence-corrected chi connectivity index (χ1v) is 7.66. The molecule has 5 nitrogen and oxygen atoms in total. The quantitative estimate of drug-likeness (QED) is 0.814. The van der Waals surface area contributed by atoms with Crippen molar-refractivity contribution in [3.05, 3.63) is 35.9 Å². The van der Waals surface area contributed by atoms with Gasteiger partial charge >= 0.3 is 6.09 Å². The number of amides is 2. The van der Waals surface area contributed by atoms with Crippen LogP contribution in [-0.4, -0.2) is 24.1 Å². The number of hydrogen-bond donors (Lipinski definition) is 2. The van der Waals surface area contributed by atoms with Gasteiger partial charge in [0.2, 0.25) is 5.91 Å². The van der Waals surface area contributed by atoms with Crippen LogP contribution in [0.15, 0.2) is 30.3 Å². The van der Waals surface area contributed by atoms with Gasteiger partial charge in [-0.3, -0.25) is 4.79 Å². The van der Waals surface area contributed by atoms with Crippen LogP contribution in [-0.2, 0) is 16.1 Å². The van der Waals surface area contributed by atoms with Crippen LogP contribution in [0.3, 0.4) is 0 Å². The van der Waals surface area contributed by atoms with Crippen molar-refractivity contribution in [3.63, 3.8) is 0 Å². The SMILES string of the molecule is CC(C)CC(NC(=O)OCc1ccccc1)C(=O)NC(C)C. The summed E-state index contributed by atoms with van der Waals surface area (Å²) in [6.45, 7) is 7.97. The molecule has 0 fully saturated rings. The van der Waals surface area contributed by atoms with E-state index in [1.54, 1.807) is 0 Å². The molecule has 0 heterocycles. The van der Waals surface area contributed by atoms with Crippen LogP contribution >= 0.6 is 0 Å². The van der Waals surface area contributed by atoms with Gasteiger partial charge in [-0.1, -0.05) is 44.2 Å². The minimum Gasteiger partial charge on any atom is -0.445 e. The monoisotopic (exact) mass is 306 g/mol. The zero-order valence-electron chi connectivity index (χ0n) is 13.8. The number of ether oxygens (including phenoxy) is 1. The third-order valence-corrected chi connectivity index (χ3v) is 2.96. The van der Waals surface area contributed by atoms with Crippen LogP contribution in [0, 0.1) is 5.92 Å². The summed E-state index contributed by atoms with van der Waals surface area (Å²) in [6.07, 6.45) is -0.00710. The van der Waals surface area contributed by atoms with Crippen molar-refractivity contribution in [3.8, 4) is 0 Å². The molecule has 0 radical (unpaired) electrons. The molecular formula is C17H26N2O3. The van der Waals surface area contributed by atoms with Crippen LogP contribution in [0.5, 0.6) is 0 Å². The number of nitrogens with one attached hydrogen (secondary N) is 2. The third kappa shape index (κ3) is 7.11. The lowest BCUT2D eigenvalue weighted by molar-refractivity contribution is -0.123. The number of alkyl carbamates (subject to hydrolysis) is 1. The van der Waals surface area contributed by atoms with E-state index in [0.29, 0.717) is 6.42 Å². The largest absolute Gasteiger partial charge is 0.445 e. The molecule has 1 atom stereocenters. The summed E-state index contributed by atoms with van der Waals surface area (Å²) in [5.41, 5.74) is 0.907. The predicted octanol–water partition coefficient (Wildman–Crippen LogP) is 2.85. The van der Waals surface area contributed by atoms with E-state index >= 15 is 0 Å². The first-order chi connectivity index (χ1) is 10.4. The van der Waals surface area contributed by atoms with Crippen molar-refractivity contribution in [1.29, 1.82) is 0 Å². The Labute approximate surface area is 132 Å². The van der Waals surface area contributed by atoms with Crippen molar-refractivity contribution in [2.75, 3.05) is 0 Å². The fourth-order valence-corrected chi connectivity index (χ4v) is 2.00. The second-order valence-corrected chi connectivity index (χ2v) is 6.05. The Morgan fingerprint density at radius 2 is 1.68 bits per heavy atom. The zero-order valence-corrected chi connectivity index (χ0v) is 13.8. The van der Waals surface area contributed by atoms with Gasteiger partial charge in [0, 0.05) is 6.04 Å². The summed E-state index contributed by atoms with van der Waals surface area (Å²) >= 11 is 0. The van der Waals surface area contributed by atoms with Gasteiger partial charge in [-0.25, -0.2) is 4.79 Å². The van der Waals surface area contributed by atoms with Gasteiger partial charge in [-0.15, -0.1) is 0 Å². The van der Waals surface area contributed by atoms with Crippen molar-refractivity contribution in [1.82, 2.24) is 10.6 Å². The van der Waals surface area contributed by atoms with Gasteiger partial charge in [0.25, 0.3) is 0 Å². The Bertz CT molecular complexity index is 472. The molecule has 0 bridgehead atoms. The highest BCUT2D eigenvalue weighted by atomic mass is 16.5. The Kier molecular flexibility index (Phi) is 7.43. The van der Waals surface area contributed by atoms with Gasteiger partial charge < -0.3 is 15.4 Å². The molecule has 122 valence electrons. The van der Waals surface area contributed by atoms with Crippen LogP contribution < -0.4 is 10.6 Å². The molecule has 0 saturated carbocycles. The molecule has 0 spiro atoms. The topological polar surface area (TPSA) is 67.4 Å². The maximum atomic E-state index is 12.1. The van der Waals surface area contributed by atoms with Crippen molar-refractivity contribution in [2.45, 2.75) is 52.8 Å². The number of carbonyl (C=O) groups excluding carboxylic acids is 2. The maximum absolute atomic E-state index is 12.1. The lowest BCUT2D eigenvalue weighted by Gasteiger charge is -2.21. The van der Waals surface area contributed by atoms with Gasteiger partial charge in [0.1, 0.15) is 12.6 Å². The molecule has 0 aliphatic rings. The van der Waals surface area contributed by atoms with Crippen molar-refractivity contribution in [2.24, 2.45) is 5.92 Å². The summed E-state index contributed by atoms with van der Waals surface area (Å²) in [4.78, 5) is 24.0. The van der Waals surface area contributed by atoms with E-state index in [4.69, 9.17) is 4.74 Å². The molecule has 1 aromatic carbocycles. The number of hydrogen-bond acceptors (Lipinski definition) is 3. The second kappa shape index (κ2) is 9.07. The number of carbonyl (C=O) groups is 2. The molecule has 1 rings (SSSR count). The van der Waals surface area contributed by atoms with Gasteiger partial charge in [-0.05, 0) is 31.7 Å². The van der Waals surface area contributed by atoms with E-state index in [1.807, 2.05) is 58.0 Å². The van der Waals surface area contributed by atoms with E-state index in [9.17, 15) is 9.59 Å². The average Bonchev–Trinajstić information content (AvgIpc) is 2.44. The minimum atomic E-state index is -0.578. The molecule has 0 saturated heterocycles. The van der Waals surface area contributed by atoms with E-state index in [0.717, 1.165) is 5.56 Å². The first-order valence-electron chi connectivity index (χ1n) is 7.66. The Morgan fingerprint density at radius 3 is 2.23 bits per heavy atom. The molecule has 5 heteroatoms. The van der Waals surface area contributed by atoms with Gasteiger partial charge in [0.15, 0.2) is 0 Å². The molecule has 0 aliphatic heterocycles. The summed E-state index contributed by atoms with van der Waals surface area (Å²) in [6, 6.07) is 8.88. The summed E-state index contributed by atoms with van der Waals surface area (Å²) in [5, 5.41) is 5.47. The molecule has 22 heavy (non-hydrogen) atoms. The van der Waals surface area contributed by atoms with Crippen LogP contribution in [0.4, 0.5) is 4.79 Å². The highest BCUT2D eigenvalue weighted by Crippen LogP contribution is 2.07. The molecular weight excluding hydrogens is 280 g/mol. The third-order valence-electron chi connectivity index (χ3n) is 2.96. The highest BCUT2D eigenvalue weighted by molar-refractivity contribution is 5.85. The second-order valence-electron chi connectivity index (χ2n) is 6.05. The molecule has 0 aliphatic carbocycles. The highest BCUT2D eigenvalue weighted by Gasteiger charge is 2.22. The van der Waals surface area contributed by atoms with Crippen LogP contribution in [0.25, 0.3) is 0 Å². The Morgan fingerprint density at radius 1 is 1.05 bits per heavy atom. The van der Waals surface area contributed by atoms with E-state index in [1.165, 1.54) is 0 Å². The fraction of sp³-hybridized carbons (Fsp3) is 0.529. The zero-order chi connectivity index (χ0) is 16.5. The smallest absolute Gasteiger partial charge is 0.408 e. The molecule has 2 N–H and O–H groups in total. The van der Waals surface area contributed by atoms with Crippen LogP contribution in [0.1, 0.15) is 39.7 Å². The van der Waals surface area contributed by atoms with Gasteiger partial charge in [0.05, 0.1) is 0 Å². The summed E-state index contributed by atoms with van der Waals surface area (Å²) in [7, 11) is 0. The molecule has 1 unspecified atom stereocenters. The van der Waals surface area contributed by atoms with Crippen molar-refractivity contribution < 1.29 is 14.3 Å². The van der Waals surface area contributed by atoms with E-state index in [2.05, 4.69) is 10.6 Å². The predicted molar refractivity (Wildman–Crippen MR) is 86.3 cm³/mol. The summed E-state index contributed by atoms with van der Waals surface area (Å²) < 4.78 is 5.17. The number of rotatable bonds is 7. The molecule has 2 amide bonds. The van der Waals surface area contributed by atoms with E-state index < -0.39 is 12.1 Å². The van der Waals surface area contributed by atoms with Gasteiger partial charge in [-0.2, -0.15) is 0 Å². The standard InChI is InChI=1S/C17H26N2O3/c1-12(2)10-15(16(20)18-13(3)4)19-17(21)22-11-14-8-6-5-7-9-14/h5-9,12-13,15H,10-11H2,1-4H3,(H,18,20)(H,19,21). The van der Waals surface area contributed by atoms with E-state index in [-0.39, 0.29) is 24.5 Å². The number of benzene rings is 1. The Balaban J connectivity index is 2.53. The lowest BCUT2D eigenvalue weighted by Crippen LogP contribution is -2.49. The average molecular weight is 306 g/mol. The fourth-order valence-electron chi connectivity index (χ4n) is 2.00.